The molecule has 6 nitrogen and oxygen atoms in total. The summed E-state index contributed by atoms with van der Waals surface area (Å²) in [5.41, 5.74) is 0.872. The van der Waals surface area contributed by atoms with Gasteiger partial charge in [-0.05, 0) is 19.8 Å². The summed E-state index contributed by atoms with van der Waals surface area (Å²) in [6, 6.07) is 0. The van der Waals surface area contributed by atoms with Crippen LogP contribution in [0.2, 0.25) is 5.02 Å². The number of nitrogens with one attached hydrogen (secondary N) is 1. The number of halogens is 1. The lowest BCUT2D eigenvalue weighted by atomic mass is 9.93. The lowest BCUT2D eigenvalue weighted by Gasteiger charge is -2.10. The third kappa shape index (κ3) is 3.32. The van der Waals surface area contributed by atoms with Gasteiger partial charge in [-0.25, -0.2) is 0 Å². The summed E-state index contributed by atoms with van der Waals surface area (Å²) in [5.74, 6) is 0.914. The molecule has 0 saturated carbocycles. The van der Waals surface area contributed by atoms with Crippen LogP contribution in [0.1, 0.15) is 51.5 Å². The molecule has 1 N–H and O–H groups in total. The molecule has 0 aromatic carbocycles. The smallest absolute Gasteiger partial charge is 0.255 e. The number of aryl methyl sites for hydroxylation is 3. The van der Waals surface area contributed by atoms with Crippen molar-refractivity contribution in [2.45, 2.75) is 39.2 Å². The second-order valence-corrected chi connectivity index (χ2v) is 6.08. The van der Waals surface area contributed by atoms with Gasteiger partial charge in [-0.2, -0.15) is 5.10 Å². The van der Waals surface area contributed by atoms with Crippen LogP contribution in [0.5, 0.6) is 0 Å². The maximum absolute atomic E-state index is 12.4. The van der Waals surface area contributed by atoms with Crippen molar-refractivity contribution in [3.8, 4) is 0 Å². The van der Waals surface area contributed by atoms with E-state index in [0.29, 0.717) is 47.2 Å². The van der Waals surface area contributed by atoms with Gasteiger partial charge in [0.1, 0.15) is 11.5 Å². The maximum atomic E-state index is 12.4. The summed E-state index contributed by atoms with van der Waals surface area (Å²) in [5, 5.41) is 7.52. The Hall–Kier alpha value is -2.08. The number of hydrogen-bond donors (Lipinski definition) is 1. The van der Waals surface area contributed by atoms with Gasteiger partial charge in [0.2, 0.25) is 0 Å². The van der Waals surface area contributed by atoms with Crippen molar-refractivity contribution >= 4 is 23.3 Å². The molecule has 7 heteroatoms. The minimum Gasteiger partial charge on any atom is -0.465 e. The minimum atomic E-state index is -0.249. The third-order valence-corrected chi connectivity index (χ3v) is 4.12. The number of Topliss-reactive ketones (excluding diaryl/α,β-unsaturated/α-hetero) is 1. The van der Waals surface area contributed by atoms with E-state index in [-0.39, 0.29) is 11.7 Å². The SMILES string of the molecule is Cc1oc2c(c1C(=O)NCCCn1cc(Cl)cn1)C(=O)CCC2. The van der Waals surface area contributed by atoms with Crippen LogP contribution in [0.25, 0.3) is 0 Å². The molecule has 0 spiro atoms. The van der Waals surface area contributed by atoms with Crippen LogP contribution in [0.3, 0.4) is 0 Å². The average Bonchev–Trinajstić information content (AvgIpc) is 3.07. The van der Waals surface area contributed by atoms with Crippen LogP contribution in [-0.4, -0.2) is 28.0 Å². The number of aromatic nitrogens is 2. The first kappa shape index (κ1) is 15.8. The number of hydrogen-bond acceptors (Lipinski definition) is 4. The number of ketones is 1. The second kappa shape index (κ2) is 6.58. The first-order valence-corrected chi connectivity index (χ1v) is 8.05. The Kier molecular flexibility index (Phi) is 4.52. The Bertz CT molecular complexity index is 748. The number of carbonyl (C=O) groups excluding carboxylic acids is 2. The highest BCUT2D eigenvalue weighted by atomic mass is 35.5. The summed E-state index contributed by atoms with van der Waals surface area (Å²) in [7, 11) is 0. The van der Waals surface area contributed by atoms with E-state index in [0.717, 1.165) is 19.3 Å². The minimum absolute atomic E-state index is 0.000525. The van der Waals surface area contributed by atoms with Crippen LogP contribution in [0, 0.1) is 6.92 Å². The first-order chi connectivity index (χ1) is 11.1. The molecule has 1 aliphatic carbocycles. The van der Waals surface area contributed by atoms with E-state index in [2.05, 4.69) is 10.4 Å². The maximum Gasteiger partial charge on any atom is 0.255 e. The lowest BCUT2D eigenvalue weighted by molar-refractivity contribution is 0.0927. The van der Waals surface area contributed by atoms with Crippen molar-refractivity contribution in [2.75, 3.05) is 6.54 Å². The molecule has 2 heterocycles. The summed E-state index contributed by atoms with van der Waals surface area (Å²) < 4.78 is 7.32. The normalized spacial score (nSPS) is 13.9. The molecule has 3 rings (SSSR count). The topological polar surface area (TPSA) is 77.1 Å². The molecule has 0 aliphatic heterocycles. The monoisotopic (exact) mass is 335 g/mol. The molecule has 0 fully saturated rings. The first-order valence-electron chi connectivity index (χ1n) is 7.68. The van der Waals surface area contributed by atoms with Gasteiger partial charge in [0.25, 0.3) is 5.91 Å². The molecular weight excluding hydrogens is 318 g/mol. The van der Waals surface area contributed by atoms with E-state index in [4.69, 9.17) is 16.0 Å². The van der Waals surface area contributed by atoms with Crippen molar-refractivity contribution in [3.05, 3.63) is 40.1 Å². The number of nitrogens with zero attached hydrogens (tertiary/aromatic N) is 2. The van der Waals surface area contributed by atoms with Crippen LogP contribution in [0.4, 0.5) is 0 Å². The third-order valence-electron chi connectivity index (χ3n) is 3.92. The van der Waals surface area contributed by atoms with Gasteiger partial charge in [-0.3, -0.25) is 14.3 Å². The average molecular weight is 336 g/mol. The molecule has 1 amide bonds. The van der Waals surface area contributed by atoms with Crippen molar-refractivity contribution in [1.29, 1.82) is 0 Å². The Morgan fingerprint density at radius 3 is 3.04 bits per heavy atom. The zero-order valence-electron chi connectivity index (χ0n) is 12.9. The Morgan fingerprint density at radius 2 is 2.30 bits per heavy atom. The standard InChI is InChI=1S/C16H18ClN3O3/c1-10-14(15-12(21)4-2-5-13(15)23-10)16(22)18-6-3-7-20-9-11(17)8-19-20/h8-9H,2-7H2,1H3,(H,18,22). The molecule has 23 heavy (non-hydrogen) atoms. The number of furan rings is 1. The van der Waals surface area contributed by atoms with Crippen LogP contribution in [-0.2, 0) is 13.0 Å². The number of amides is 1. The predicted octanol–water partition coefficient (Wildman–Crippen LogP) is 2.78. The van der Waals surface area contributed by atoms with Crippen molar-refractivity contribution in [2.24, 2.45) is 0 Å². The lowest BCUT2D eigenvalue weighted by Crippen LogP contribution is -2.27. The van der Waals surface area contributed by atoms with E-state index in [9.17, 15) is 9.59 Å². The van der Waals surface area contributed by atoms with Crippen molar-refractivity contribution in [3.63, 3.8) is 0 Å². The molecular formula is C16H18ClN3O3. The number of rotatable bonds is 5. The number of carbonyl (C=O) groups is 2. The Balaban J connectivity index is 1.60. The molecule has 0 unspecified atom stereocenters. The zero-order valence-corrected chi connectivity index (χ0v) is 13.7. The fourth-order valence-electron chi connectivity index (χ4n) is 2.87. The molecule has 1 aliphatic rings. The largest absolute Gasteiger partial charge is 0.465 e. The molecule has 122 valence electrons. The fraction of sp³-hybridized carbons (Fsp3) is 0.438. The van der Waals surface area contributed by atoms with E-state index < -0.39 is 0 Å². The molecule has 0 saturated heterocycles. The molecule has 0 bridgehead atoms. The quantitative estimate of drug-likeness (QED) is 0.852. The van der Waals surface area contributed by atoms with E-state index in [1.807, 2.05) is 0 Å². The summed E-state index contributed by atoms with van der Waals surface area (Å²) in [6.07, 6.45) is 6.01. The van der Waals surface area contributed by atoms with Gasteiger partial charge in [0, 0.05) is 32.1 Å². The highest BCUT2D eigenvalue weighted by Gasteiger charge is 2.30. The highest BCUT2D eigenvalue weighted by molar-refractivity contribution is 6.30. The van der Waals surface area contributed by atoms with Gasteiger partial charge < -0.3 is 9.73 Å². The Labute approximate surface area is 138 Å². The van der Waals surface area contributed by atoms with Crippen molar-refractivity contribution in [1.82, 2.24) is 15.1 Å². The summed E-state index contributed by atoms with van der Waals surface area (Å²) in [4.78, 5) is 24.5. The van der Waals surface area contributed by atoms with Gasteiger partial charge in [0.05, 0.1) is 22.3 Å². The van der Waals surface area contributed by atoms with Crippen LogP contribution < -0.4 is 5.32 Å². The second-order valence-electron chi connectivity index (χ2n) is 5.64. The van der Waals surface area contributed by atoms with Crippen LogP contribution >= 0.6 is 11.6 Å². The highest BCUT2D eigenvalue weighted by Crippen LogP contribution is 2.29. The molecule has 2 aromatic heterocycles. The van der Waals surface area contributed by atoms with Crippen molar-refractivity contribution < 1.29 is 14.0 Å². The van der Waals surface area contributed by atoms with Gasteiger partial charge in [0.15, 0.2) is 5.78 Å². The van der Waals surface area contributed by atoms with Gasteiger partial charge in [-0.1, -0.05) is 11.6 Å². The summed E-state index contributed by atoms with van der Waals surface area (Å²) in [6.45, 7) is 2.88. The van der Waals surface area contributed by atoms with E-state index in [1.165, 1.54) is 0 Å². The van der Waals surface area contributed by atoms with Crippen LogP contribution in [0.15, 0.2) is 16.8 Å². The zero-order chi connectivity index (χ0) is 16.4. The molecule has 0 radical (unpaired) electrons. The van der Waals surface area contributed by atoms with E-state index in [1.54, 1.807) is 24.0 Å². The van der Waals surface area contributed by atoms with E-state index >= 15 is 0 Å². The summed E-state index contributed by atoms with van der Waals surface area (Å²) >= 11 is 5.79. The molecule has 0 atom stereocenters. The van der Waals surface area contributed by atoms with Gasteiger partial charge in [-0.15, -0.1) is 0 Å². The van der Waals surface area contributed by atoms with Gasteiger partial charge >= 0.3 is 0 Å². The Morgan fingerprint density at radius 1 is 1.48 bits per heavy atom. The predicted molar refractivity (Wildman–Crippen MR) is 84.9 cm³/mol. The molecule has 2 aromatic rings. The fourth-order valence-corrected chi connectivity index (χ4v) is 3.03. The number of fused-ring (bicyclic) bond motifs is 1.